The molecule has 0 aliphatic rings. The summed E-state index contributed by atoms with van der Waals surface area (Å²) in [5, 5.41) is 10.6. The Morgan fingerprint density at radius 3 is 0.917 bits per heavy atom. The van der Waals surface area contributed by atoms with Gasteiger partial charge in [0.1, 0.15) is 19.3 Å². The van der Waals surface area contributed by atoms with Crippen LogP contribution in [0.1, 0.15) is 285 Å². The van der Waals surface area contributed by atoms with E-state index in [9.17, 15) is 43.2 Å². The van der Waals surface area contributed by atoms with Crippen LogP contribution in [-0.2, 0) is 65.4 Å². The van der Waals surface area contributed by atoms with Crippen molar-refractivity contribution in [2.75, 3.05) is 39.6 Å². The first-order valence-corrected chi connectivity index (χ1v) is 39.8. The highest BCUT2D eigenvalue weighted by Gasteiger charge is 2.30. The van der Waals surface area contributed by atoms with Gasteiger partial charge < -0.3 is 33.8 Å². The third-order valence-corrected chi connectivity index (χ3v) is 16.8. The zero-order valence-electron chi connectivity index (χ0n) is 59.8. The third-order valence-electron chi connectivity index (χ3n) is 14.9. The molecule has 19 heteroatoms. The zero-order valence-corrected chi connectivity index (χ0v) is 61.5. The molecule has 0 amide bonds. The van der Waals surface area contributed by atoms with Gasteiger partial charge in [0, 0.05) is 25.7 Å². The lowest BCUT2D eigenvalue weighted by Crippen LogP contribution is -2.30. The summed E-state index contributed by atoms with van der Waals surface area (Å²) in [6, 6.07) is 0. The van der Waals surface area contributed by atoms with Gasteiger partial charge in [0.15, 0.2) is 12.2 Å². The number of rotatable bonds is 68. The number of carbonyl (C=O) groups is 4. The molecule has 96 heavy (non-hydrogen) atoms. The number of aliphatic hydroxyl groups is 1. The molecule has 0 aliphatic carbocycles. The van der Waals surface area contributed by atoms with Crippen molar-refractivity contribution in [3.63, 3.8) is 0 Å². The van der Waals surface area contributed by atoms with Gasteiger partial charge in [-0.1, -0.05) is 252 Å². The number of carbonyl (C=O) groups excluding carboxylic acids is 4. The van der Waals surface area contributed by atoms with Crippen LogP contribution in [0.25, 0.3) is 0 Å². The van der Waals surface area contributed by atoms with E-state index < -0.39 is 97.5 Å². The fraction of sp³-hybridized carbons (Fsp3) is 0.688. The van der Waals surface area contributed by atoms with Gasteiger partial charge in [-0.25, -0.2) is 9.13 Å². The number of phosphoric ester groups is 2. The summed E-state index contributed by atoms with van der Waals surface area (Å²) in [7, 11) is -9.97. The number of esters is 4. The van der Waals surface area contributed by atoms with Crippen molar-refractivity contribution >= 4 is 39.5 Å². The van der Waals surface area contributed by atoms with Gasteiger partial charge in [-0.05, 0) is 128 Å². The van der Waals surface area contributed by atoms with Crippen LogP contribution >= 0.6 is 15.6 Å². The minimum Gasteiger partial charge on any atom is -0.462 e. The Morgan fingerprint density at radius 2 is 0.552 bits per heavy atom. The molecule has 0 rings (SSSR count). The minimum atomic E-state index is -4.99. The number of aliphatic hydroxyl groups excluding tert-OH is 1. The fourth-order valence-electron chi connectivity index (χ4n) is 9.36. The van der Waals surface area contributed by atoms with Crippen molar-refractivity contribution in [1.82, 2.24) is 0 Å². The summed E-state index contributed by atoms with van der Waals surface area (Å²) in [5.74, 6) is -2.30. The van der Waals surface area contributed by atoms with Crippen molar-refractivity contribution in [3.8, 4) is 0 Å². The highest BCUT2D eigenvalue weighted by Crippen LogP contribution is 2.45. The monoisotopic (exact) mass is 1390 g/mol. The molecule has 0 spiro atoms. The van der Waals surface area contributed by atoms with Gasteiger partial charge >= 0.3 is 39.5 Å². The highest BCUT2D eigenvalue weighted by molar-refractivity contribution is 7.47. The van der Waals surface area contributed by atoms with Crippen LogP contribution < -0.4 is 0 Å². The summed E-state index contributed by atoms with van der Waals surface area (Å²) >= 11 is 0. The minimum absolute atomic E-state index is 0.0700. The summed E-state index contributed by atoms with van der Waals surface area (Å²) in [5.41, 5.74) is 0. The van der Waals surface area contributed by atoms with Crippen LogP contribution in [0.4, 0.5) is 0 Å². The van der Waals surface area contributed by atoms with E-state index in [1.165, 1.54) is 64.2 Å². The Labute approximate surface area is 581 Å². The van der Waals surface area contributed by atoms with Gasteiger partial charge in [0.05, 0.1) is 26.4 Å². The van der Waals surface area contributed by atoms with Crippen molar-refractivity contribution < 1.29 is 80.2 Å². The maximum Gasteiger partial charge on any atom is 0.472 e. The number of unbranched alkanes of at least 4 members (excludes halogenated alkanes) is 22. The van der Waals surface area contributed by atoms with Crippen LogP contribution in [0.3, 0.4) is 0 Å². The molecule has 0 bridgehead atoms. The van der Waals surface area contributed by atoms with E-state index in [1.54, 1.807) is 0 Å². The van der Waals surface area contributed by atoms with Crippen molar-refractivity contribution in [2.24, 2.45) is 0 Å². The van der Waals surface area contributed by atoms with Crippen molar-refractivity contribution in [3.05, 3.63) is 122 Å². The van der Waals surface area contributed by atoms with E-state index in [2.05, 4.69) is 137 Å². The second kappa shape index (κ2) is 69.0. The van der Waals surface area contributed by atoms with Gasteiger partial charge in [0.25, 0.3) is 0 Å². The van der Waals surface area contributed by atoms with Gasteiger partial charge in [0.2, 0.25) is 0 Å². The number of hydrogen-bond acceptors (Lipinski definition) is 15. The summed E-state index contributed by atoms with van der Waals surface area (Å²) in [4.78, 5) is 72.7. The molecule has 0 fully saturated rings. The summed E-state index contributed by atoms with van der Waals surface area (Å²) in [6.07, 6.45) is 73.6. The summed E-state index contributed by atoms with van der Waals surface area (Å²) < 4.78 is 68.2. The SMILES string of the molecule is CC/C=C\C/C=C\C/C=C\C/C=C\C/C=C\CCCC(=O)OCC(COP(=O)(O)OCC(O)COP(=O)(O)OCC(COC(=O)CCCC/C=C\C/C=C\C/C=C\C/C=C\CC)OC(=O)CCCCCCCCCCCCC)OC(=O)CCCCCCC/C=C\CCCCCC. The molecule has 0 aromatic heterocycles. The second-order valence-electron chi connectivity index (χ2n) is 24.1. The van der Waals surface area contributed by atoms with Crippen LogP contribution in [-0.4, -0.2) is 96.7 Å². The first-order valence-electron chi connectivity index (χ1n) is 36.8. The smallest absolute Gasteiger partial charge is 0.462 e. The molecule has 0 aliphatic heterocycles. The molecule has 0 aromatic rings. The molecular formula is C77H130O17P2. The Bertz CT molecular complexity index is 2300. The van der Waals surface area contributed by atoms with Crippen LogP contribution in [0, 0.1) is 0 Å². The lowest BCUT2D eigenvalue weighted by molar-refractivity contribution is -0.161. The van der Waals surface area contributed by atoms with Crippen LogP contribution in [0.15, 0.2) is 122 Å². The Balaban J connectivity index is 5.40. The van der Waals surface area contributed by atoms with Gasteiger partial charge in [-0.2, -0.15) is 0 Å². The van der Waals surface area contributed by atoms with E-state index in [-0.39, 0.29) is 25.7 Å². The van der Waals surface area contributed by atoms with E-state index in [1.807, 2.05) is 12.2 Å². The first-order chi connectivity index (χ1) is 46.7. The number of ether oxygens (including phenoxy) is 4. The number of allylic oxidation sites excluding steroid dienone is 20. The van der Waals surface area contributed by atoms with Crippen molar-refractivity contribution in [2.45, 2.75) is 303 Å². The number of hydrogen-bond donors (Lipinski definition) is 3. The summed E-state index contributed by atoms with van der Waals surface area (Å²) in [6.45, 7) is 4.49. The quantitative estimate of drug-likeness (QED) is 0.0169. The molecule has 0 aromatic carbocycles. The van der Waals surface area contributed by atoms with Crippen LogP contribution in [0.5, 0.6) is 0 Å². The first kappa shape index (κ1) is 91.5. The lowest BCUT2D eigenvalue weighted by atomic mass is 10.1. The van der Waals surface area contributed by atoms with Crippen LogP contribution in [0.2, 0.25) is 0 Å². The topological polar surface area (TPSA) is 237 Å². The molecule has 550 valence electrons. The predicted octanol–water partition coefficient (Wildman–Crippen LogP) is 20.8. The molecule has 17 nitrogen and oxygen atoms in total. The average molecular weight is 1390 g/mol. The van der Waals surface area contributed by atoms with Gasteiger partial charge in [-0.15, -0.1) is 0 Å². The molecule has 0 saturated heterocycles. The van der Waals surface area contributed by atoms with E-state index in [0.717, 1.165) is 135 Å². The predicted molar refractivity (Wildman–Crippen MR) is 390 cm³/mol. The molecule has 5 atom stereocenters. The maximum atomic E-state index is 13.0. The molecular weight excluding hydrogens is 1260 g/mol. The molecule has 3 N–H and O–H groups in total. The zero-order chi connectivity index (χ0) is 70.4. The molecule has 5 unspecified atom stereocenters. The fourth-order valence-corrected chi connectivity index (χ4v) is 10.9. The lowest BCUT2D eigenvalue weighted by Gasteiger charge is -2.21. The third kappa shape index (κ3) is 68.0. The molecule has 0 radical (unpaired) electrons. The van der Waals surface area contributed by atoms with Crippen molar-refractivity contribution in [1.29, 1.82) is 0 Å². The standard InChI is InChI=1S/C77H130O17P2/c1-5-9-13-17-21-25-29-32-34-35-37-40-43-46-50-54-58-62-75(80)88-68-73(94-77(82)64-60-56-52-48-44-38-31-27-23-19-15-11-7-3)70-92-96(85,86)90-66-71(78)65-89-95(83,84)91-69-72(93-76(81)63-59-55-51-47-41-28-24-20-16-12-8-4)67-87-74(79)61-57-53-49-45-42-39-36-33-30-26-22-18-14-10-6-2/h9-10,13-14,21-22,25-27,31-34,36-37,40,42,45-46,50,71-73,78H,5-8,11-12,15-20,23-24,28-30,35,38-39,41,43-44,47-49,51-70H2,1-4H3,(H,83,84)(H,85,86)/b13-9-,14-10-,25-21-,26-22-,31-27-,34-32-,36-33-,40-37-,45-42-,50-46-. The average Bonchev–Trinajstić information content (AvgIpc) is 1.17. The van der Waals surface area contributed by atoms with E-state index in [4.69, 9.17) is 37.0 Å². The van der Waals surface area contributed by atoms with Gasteiger partial charge in [-0.3, -0.25) is 37.3 Å². The van der Waals surface area contributed by atoms with E-state index >= 15 is 0 Å². The maximum absolute atomic E-state index is 13.0. The molecule has 0 heterocycles. The second-order valence-corrected chi connectivity index (χ2v) is 27.0. The Hall–Kier alpha value is -4.54. The normalized spacial score (nSPS) is 14.7. The Morgan fingerprint density at radius 1 is 0.302 bits per heavy atom. The largest absolute Gasteiger partial charge is 0.472 e. The molecule has 0 saturated carbocycles. The Kier molecular flexibility index (Phi) is 65.7. The number of phosphoric acid groups is 2. The van der Waals surface area contributed by atoms with E-state index in [0.29, 0.717) is 32.1 Å². The highest BCUT2D eigenvalue weighted by atomic mass is 31.2.